The molecule has 0 aliphatic rings. The molecule has 3 N–H and O–H groups in total. The van der Waals surface area contributed by atoms with E-state index in [1.807, 2.05) is 52.0 Å². The van der Waals surface area contributed by atoms with Crippen LogP contribution in [0.3, 0.4) is 0 Å². The predicted octanol–water partition coefficient (Wildman–Crippen LogP) is 4.62. The Bertz CT molecular complexity index is 1520. The maximum absolute atomic E-state index is 12.7. The van der Waals surface area contributed by atoms with Crippen LogP contribution in [0.25, 0.3) is 0 Å². The summed E-state index contributed by atoms with van der Waals surface area (Å²) in [6.07, 6.45) is 1.85. The lowest BCUT2D eigenvalue weighted by atomic mass is 10.1. The molecule has 11 nitrogen and oxygen atoms in total. The highest BCUT2D eigenvalue weighted by Crippen LogP contribution is 2.36. The van der Waals surface area contributed by atoms with Crippen LogP contribution in [0.15, 0.2) is 52.0 Å². The van der Waals surface area contributed by atoms with Crippen molar-refractivity contribution < 1.29 is 33.3 Å². The molecule has 3 aromatic carbocycles. The second-order valence-electron chi connectivity index (χ2n) is 9.77. The third-order valence-corrected chi connectivity index (χ3v) is 6.94. The van der Waals surface area contributed by atoms with Gasteiger partial charge in [0.1, 0.15) is 0 Å². The quantitative estimate of drug-likeness (QED) is 0.137. The zero-order chi connectivity index (χ0) is 32.2. The number of anilines is 1. The number of rotatable bonds is 13. The molecule has 0 aliphatic heterocycles. The first kappa shape index (κ1) is 33.9. The van der Waals surface area contributed by atoms with Crippen molar-refractivity contribution in [1.29, 1.82) is 0 Å². The molecule has 0 spiro atoms. The number of aryl methyl sites for hydroxylation is 3. The van der Waals surface area contributed by atoms with E-state index in [2.05, 4.69) is 37.1 Å². The molecule has 0 bridgehead atoms. The van der Waals surface area contributed by atoms with E-state index >= 15 is 0 Å². The number of halogens is 1. The Morgan fingerprint density at radius 1 is 0.886 bits per heavy atom. The number of methoxy groups -OCH3 is 2. The van der Waals surface area contributed by atoms with Crippen molar-refractivity contribution in [2.45, 2.75) is 34.1 Å². The molecule has 0 fully saturated rings. The van der Waals surface area contributed by atoms with Crippen molar-refractivity contribution >= 4 is 45.6 Å². The van der Waals surface area contributed by atoms with Crippen LogP contribution in [0, 0.1) is 20.8 Å². The third-order valence-electron chi connectivity index (χ3n) is 6.35. The summed E-state index contributed by atoms with van der Waals surface area (Å²) in [5, 5.41) is 9.36. The maximum atomic E-state index is 12.7. The van der Waals surface area contributed by atoms with E-state index in [0.29, 0.717) is 46.1 Å². The van der Waals surface area contributed by atoms with Crippen LogP contribution in [0.2, 0.25) is 0 Å². The number of hydrogen-bond donors (Lipinski definition) is 3. The minimum Gasteiger partial charge on any atom is -0.493 e. The van der Waals surface area contributed by atoms with Gasteiger partial charge >= 0.3 is 11.8 Å². The summed E-state index contributed by atoms with van der Waals surface area (Å²) in [5.41, 5.74) is 7.48. The number of nitrogens with zero attached hydrogens (tertiary/aromatic N) is 1. The molecule has 0 unspecified atom stereocenters. The lowest BCUT2D eigenvalue weighted by molar-refractivity contribution is -0.139. The highest BCUT2D eigenvalue weighted by molar-refractivity contribution is 9.10. The van der Waals surface area contributed by atoms with Gasteiger partial charge in [-0.3, -0.25) is 14.4 Å². The van der Waals surface area contributed by atoms with Crippen LogP contribution in [0.4, 0.5) is 5.69 Å². The van der Waals surface area contributed by atoms with Gasteiger partial charge in [-0.1, -0.05) is 23.8 Å². The molecule has 0 saturated carbocycles. The molecule has 0 atom stereocenters. The maximum Gasteiger partial charge on any atom is 0.329 e. The van der Waals surface area contributed by atoms with Gasteiger partial charge < -0.3 is 29.6 Å². The highest BCUT2D eigenvalue weighted by atomic mass is 79.9. The number of nitrogens with one attached hydrogen (secondary N) is 3. The second kappa shape index (κ2) is 16.3. The molecular weight excluding hydrogens is 632 g/mol. The van der Waals surface area contributed by atoms with Gasteiger partial charge in [-0.05, 0) is 96.6 Å². The predicted molar refractivity (Wildman–Crippen MR) is 172 cm³/mol. The molecule has 12 heteroatoms. The molecule has 234 valence electrons. The fourth-order valence-corrected chi connectivity index (χ4v) is 4.98. The van der Waals surface area contributed by atoms with E-state index in [1.54, 1.807) is 32.4 Å². The monoisotopic (exact) mass is 668 g/mol. The minimum absolute atomic E-state index is 0.236. The topological polar surface area (TPSA) is 137 Å². The Hall–Kier alpha value is -4.58. The van der Waals surface area contributed by atoms with Crippen LogP contribution in [-0.2, 0) is 20.8 Å². The number of carbonyl (C=O) groups is 3. The summed E-state index contributed by atoms with van der Waals surface area (Å²) >= 11 is 3.46. The van der Waals surface area contributed by atoms with E-state index in [1.165, 1.54) is 6.21 Å². The van der Waals surface area contributed by atoms with Crippen molar-refractivity contribution in [3.05, 3.63) is 74.8 Å². The van der Waals surface area contributed by atoms with Crippen LogP contribution >= 0.6 is 15.9 Å². The Morgan fingerprint density at radius 3 is 2.25 bits per heavy atom. The summed E-state index contributed by atoms with van der Waals surface area (Å²) in [5.74, 6) is -0.154. The average molecular weight is 670 g/mol. The fraction of sp³-hybridized carbons (Fsp3) is 0.312. The summed E-state index contributed by atoms with van der Waals surface area (Å²) in [4.78, 5) is 37.1. The van der Waals surface area contributed by atoms with E-state index in [4.69, 9.17) is 18.9 Å². The zero-order valence-electron chi connectivity index (χ0n) is 25.6. The average Bonchev–Trinajstić information content (AvgIpc) is 2.98. The van der Waals surface area contributed by atoms with Crippen molar-refractivity contribution in [3.63, 3.8) is 0 Å². The van der Waals surface area contributed by atoms with Crippen LogP contribution in [-0.4, -0.2) is 57.9 Å². The van der Waals surface area contributed by atoms with Gasteiger partial charge in [0.25, 0.3) is 5.91 Å². The van der Waals surface area contributed by atoms with Crippen LogP contribution in [0.1, 0.15) is 34.7 Å². The molecule has 3 aromatic rings. The Morgan fingerprint density at radius 2 is 1.59 bits per heavy atom. The smallest absolute Gasteiger partial charge is 0.329 e. The number of hydrogen-bond acceptors (Lipinski definition) is 8. The van der Waals surface area contributed by atoms with Crippen molar-refractivity contribution in [1.82, 2.24) is 10.7 Å². The van der Waals surface area contributed by atoms with Gasteiger partial charge in [0.05, 0.1) is 31.5 Å². The van der Waals surface area contributed by atoms with Gasteiger partial charge in [0, 0.05) is 12.2 Å². The fourth-order valence-electron chi connectivity index (χ4n) is 4.41. The molecule has 3 rings (SSSR count). The zero-order valence-corrected chi connectivity index (χ0v) is 27.2. The standard InChI is InChI=1S/C32H37BrN4O7/c1-7-43-27-16-23(14-24(33)30(27)44-18-28(38)36-29-20(3)12-19(2)13-21(29)4)17-35-37-32(40)31(39)34-11-10-22-8-9-25(41-5)26(15-22)42-6/h8-9,12-17H,7,10-11,18H2,1-6H3,(H,34,39)(H,36,38)(H,37,40)/b35-17-. The number of amides is 3. The highest BCUT2D eigenvalue weighted by Gasteiger charge is 2.16. The van der Waals surface area contributed by atoms with Gasteiger partial charge in [-0.2, -0.15) is 5.10 Å². The first-order valence-electron chi connectivity index (χ1n) is 13.8. The number of hydrazone groups is 1. The van der Waals surface area contributed by atoms with Gasteiger partial charge in [-0.15, -0.1) is 0 Å². The first-order chi connectivity index (χ1) is 21.1. The van der Waals surface area contributed by atoms with E-state index in [-0.39, 0.29) is 19.1 Å². The lowest BCUT2D eigenvalue weighted by Crippen LogP contribution is -2.38. The molecule has 0 heterocycles. The second-order valence-corrected chi connectivity index (χ2v) is 10.6. The summed E-state index contributed by atoms with van der Waals surface area (Å²) in [6, 6.07) is 12.8. The summed E-state index contributed by atoms with van der Waals surface area (Å²) in [7, 11) is 3.10. The third kappa shape index (κ3) is 9.46. The number of benzene rings is 3. The number of ether oxygens (including phenoxy) is 4. The van der Waals surface area contributed by atoms with Crippen LogP contribution in [0.5, 0.6) is 23.0 Å². The van der Waals surface area contributed by atoms with E-state index in [9.17, 15) is 14.4 Å². The Balaban J connectivity index is 1.55. The molecule has 3 amide bonds. The summed E-state index contributed by atoms with van der Waals surface area (Å²) in [6.45, 7) is 8.05. The summed E-state index contributed by atoms with van der Waals surface area (Å²) < 4.78 is 22.6. The normalized spacial score (nSPS) is 10.7. The Labute approximate surface area is 265 Å². The molecule has 44 heavy (non-hydrogen) atoms. The molecule has 0 aromatic heterocycles. The van der Waals surface area contributed by atoms with Gasteiger partial charge in [-0.25, -0.2) is 5.43 Å². The van der Waals surface area contributed by atoms with Crippen molar-refractivity contribution in [3.8, 4) is 23.0 Å². The number of carbonyl (C=O) groups excluding carboxylic acids is 3. The molecule has 0 aliphatic carbocycles. The van der Waals surface area contributed by atoms with E-state index in [0.717, 1.165) is 27.9 Å². The van der Waals surface area contributed by atoms with Gasteiger partial charge in [0.2, 0.25) is 0 Å². The van der Waals surface area contributed by atoms with Gasteiger partial charge in [0.15, 0.2) is 29.6 Å². The largest absolute Gasteiger partial charge is 0.493 e. The SMILES string of the molecule is CCOc1cc(/C=N\NC(=O)C(=O)NCCc2ccc(OC)c(OC)c2)cc(Br)c1OCC(=O)Nc1c(C)cc(C)cc1C. The lowest BCUT2D eigenvalue weighted by Gasteiger charge is -2.16. The molecule has 0 saturated heterocycles. The van der Waals surface area contributed by atoms with Crippen molar-refractivity contribution in [2.24, 2.45) is 5.10 Å². The van der Waals surface area contributed by atoms with Crippen molar-refractivity contribution in [2.75, 3.05) is 39.3 Å². The Kier molecular flexibility index (Phi) is 12.6. The van der Waals surface area contributed by atoms with E-state index < -0.39 is 11.8 Å². The van der Waals surface area contributed by atoms with Crippen LogP contribution < -0.4 is 35.0 Å². The molecular formula is C32H37BrN4O7. The minimum atomic E-state index is -0.914. The first-order valence-corrected chi connectivity index (χ1v) is 14.6. The molecule has 0 radical (unpaired) electrons.